The molecule has 1 aromatic heterocycles. The molecule has 0 amide bonds. The lowest BCUT2D eigenvalue weighted by molar-refractivity contribution is 0.737. The van der Waals surface area contributed by atoms with Crippen molar-refractivity contribution in [3.05, 3.63) is 58.3 Å². The van der Waals surface area contributed by atoms with Gasteiger partial charge in [0.15, 0.2) is 5.17 Å². The molecule has 2 nitrogen and oxygen atoms in total. The molecular weight excluding hydrogens is 272 g/mol. The van der Waals surface area contributed by atoms with Gasteiger partial charge in [0, 0.05) is 4.88 Å². The Kier molecular flexibility index (Phi) is 3.89. The number of rotatable bonds is 3. The molecule has 2 heterocycles. The van der Waals surface area contributed by atoms with Crippen LogP contribution in [0.4, 0.5) is 0 Å². The van der Waals surface area contributed by atoms with Crippen LogP contribution >= 0.6 is 23.1 Å². The summed E-state index contributed by atoms with van der Waals surface area (Å²) >= 11 is 3.62. The molecule has 1 aliphatic rings. The van der Waals surface area contributed by atoms with Gasteiger partial charge in [-0.15, -0.1) is 11.3 Å². The quantitative estimate of drug-likeness (QED) is 0.913. The van der Waals surface area contributed by atoms with E-state index in [0.29, 0.717) is 11.3 Å². The molecular formula is C15H16N2S2. The fraction of sp³-hybridized carbons (Fsp3) is 0.267. The maximum Gasteiger partial charge on any atom is 0.157 e. The third-order valence-corrected chi connectivity index (χ3v) is 5.37. The van der Waals surface area contributed by atoms with Crippen molar-refractivity contribution in [2.24, 2.45) is 4.99 Å². The zero-order valence-corrected chi connectivity index (χ0v) is 12.4. The van der Waals surface area contributed by atoms with E-state index in [-0.39, 0.29) is 0 Å². The number of hydrogen-bond donors (Lipinski definition) is 1. The van der Waals surface area contributed by atoms with Crippen molar-refractivity contribution in [1.82, 2.24) is 5.32 Å². The number of hydrogen-bond acceptors (Lipinski definition) is 4. The van der Waals surface area contributed by atoms with Gasteiger partial charge < -0.3 is 5.32 Å². The van der Waals surface area contributed by atoms with E-state index in [4.69, 9.17) is 0 Å². The second-order valence-electron chi connectivity index (χ2n) is 4.54. The van der Waals surface area contributed by atoms with E-state index in [1.54, 1.807) is 11.3 Å². The summed E-state index contributed by atoms with van der Waals surface area (Å²) in [4.78, 5) is 5.97. The molecule has 0 aliphatic carbocycles. The van der Waals surface area contributed by atoms with Crippen molar-refractivity contribution in [2.45, 2.75) is 18.2 Å². The van der Waals surface area contributed by atoms with E-state index in [2.05, 4.69) is 65.1 Å². The molecule has 3 rings (SSSR count). The van der Waals surface area contributed by atoms with Crippen molar-refractivity contribution in [2.75, 3.05) is 6.54 Å². The first-order valence-corrected chi connectivity index (χ1v) is 8.15. The lowest BCUT2D eigenvalue weighted by Gasteiger charge is -2.14. The highest BCUT2D eigenvalue weighted by Crippen LogP contribution is 2.35. The molecule has 2 atom stereocenters. The molecule has 2 unspecified atom stereocenters. The predicted octanol–water partition coefficient (Wildman–Crippen LogP) is 4.24. The van der Waals surface area contributed by atoms with Crippen molar-refractivity contribution in [1.29, 1.82) is 0 Å². The van der Waals surface area contributed by atoms with E-state index in [0.717, 1.165) is 11.7 Å². The van der Waals surface area contributed by atoms with Gasteiger partial charge in [0.1, 0.15) is 0 Å². The second kappa shape index (κ2) is 5.80. The first-order chi connectivity index (χ1) is 9.33. The van der Waals surface area contributed by atoms with Gasteiger partial charge in [-0.25, -0.2) is 0 Å². The SMILES string of the molecule is CC(NC1=NCC(c2ccccc2)S1)c1cccs1. The molecule has 1 N–H and O–H groups in total. The molecule has 0 saturated heterocycles. The van der Waals surface area contributed by atoms with Crippen molar-refractivity contribution >= 4 is 28.3 Å². The molecule has 0 radical (unpaired) electrons. The molecule has 0 saturated carbocycles. The minimum atomic E-state index is 0.334. The summed E-state index contributed by atoms with van der Waals surface area (Å²) in [5, 5.41) is 7.14. The van der Waals surface area contributed by atoms with Crippen molar-refractivity contribution in [3.8, 4) is 0 Å². The van der Waals surface area contributed by atoms with Crippen molar-refractivity contribution in [3.63, 3.8) is 0 Å². The van der Waals surface area contributed by atoms with Gasteiger partial charge in [-0.1, -0.05) is 48.2 Å². The maximum absolute atomic E-state index is 4.62. The Balaban J connectivity index is 1.60. The van der Waals surface area contributed by atoms with E-state index in [1.807, 2.05) is 11.8 Å². The van der Waals surface area contributed by atoms with E-state index in [9.17, 15) is 0 Å². The molecule has 1 aliphatic heterocycles. The third kappa shape index (κ3) is 3.01. The molecule has 4 heteroatoms. The Labute approximate surface area is 122 Å². The third-order valence-electron chi connectivity index (χ3n) is 3.14. The first kappa shape index (κ1) is 12.8. The van der Waals surface area contributed by atoms with Crippen LogP contribution in [0.5, 0.6) is 0 Å². The second-order valence-corrected chi connectivity index (χ2v) is 6.72. The van der Waals surface area contributed by atoms with E-state index < -0.39 is 0 Å². The van der Waals surface area contributed by atoms with Gasteiger partial charge in [0.25, 0.3) is 0 Å². The van der Waals surface area contributed by atoms with Gasteiger partial charge in [0.05, 0.1) is 17.8 Å². The number of amidine groups is 1. The van der Waals surface area contributed by atoms with Crippen LogP contribution in [0.25, 0.3) is 0 Å². The summed E-state index contributed by atoms with van der Waals surface area (Å²) in [6, 6.07) is 15.2. The van der Waals surface area contributed by atoms with Crippen LogP contribution in [-0.4, -0.2) is 11.7 Å². The van der Waals surface area contributed by atoms with Crippen LogP contribution in [0, 0.1) is 0 Å². The summed E-state index contributed by atoms with van der Waals surface area (Å²) in [6.45, 7) is 3.05. The zero-order chi connectivity index (χ0) is 13.1. The van der Waals surface area contributed by atoms with Crippen LogP contribution in [0.1, 0.15) is 28.7 Å². The monoisotopic (exact) mass is 288 g/mol. The number of nitrogens with one attached hydrogen (secondary N) is 1. The Morgan fingerprint density at radius 2 is 2.05 bits per heavy atom. The number of thioether (sulfide) groups is 1. The molecule has 1 aromatic carbocycles. The average Bonchev–Trinajstić information content (AvgIpc) is 3.11. The molecule has 0 bridgehead atoms. The van der Waals surface area contributed by atoms with Crippen LogP contribution < -0.4 is 5.32 Å². The lowest BCUT2D eigenvalue weighted by Crippen LogP contribution is -2.22. The summed E-state index contributed by atoms with van der Waals surface area (Å²) in [7, 11) is 0. The number of aliphatic imine (C=N–C) groups is 1. The van der Waals surface area contributed by atoms with Gasteiger partial charge in [-0.05, 0) is 23.9 Å². The fourth-order valence-electron chi connectivity index (χ4n) is 2.09. The molecule has 0 spiro atoms. The van der Waals surface area contributed by atoms with Crippen LogP contribution in [0.3, 0.4) is 0 Å². The van der Waals surface area contributed by atoms with E-state index >= 15 is 0 Å². The van der Waals surface area contributed by atoms with Gasteiger partial charge in [-0.2, -0.15) is 0 Å². The molecule has 2 aromatic rings. The topological polar surface area (TPSA) is 24.4 Å². The highest BCUT2D eigenvalue weighted by molar-refractivity contribution is 8.14. The lowest BCUT2D eigenvalue weighted by atomic mass is 10.1. The van der Waals surface area contributed by atoms with E-state index in [1.165, 1.54) is 10.4 Å². The van der Waals surface area contributed by atoms with Gasteiger partial charge in [0.2, 0.25) is 0 Å². The Hall–Kier alpha value is -1.26. The van der Waals surface area contributed by atoms with Crippen molar-refractivity contribution < 1.29 is 0 Å². The first-order valence-electron chi connectivity index (χ1n) is 6.39. The maximum atomic E-state index is 4.62. The largest absolute Gasteiger partial charge is 0.358 e. The Bertz CT molecular complexity index is 549. The fourth-order valence-corrected chi connectivity index (χ4v) is 3.93. The molecule has 19 heavy (non-hydrogen) atoms. The van der Waals surface area contributed by atoms with Crippen LogP contribution in [-0.2, 0) is 0 Å². The number of nitrogens with zero attached hydrogens (tertiary/aromatic N) is 1. The Morgan fingerprint density at radius 3 is 2.79 bits per heavy atom. The highest BCUT2D eigenvalue weighted by Gasteiger charge is 2.22. The molecule has 98 valence electrons. The number of thiophene rings is 1. The molecule has 0 fully saturated rings. The summed E-state index contributed by atoms with van der Waals surface area (Å²) in [5.74, 6) is 0. The zero-order valence-electron chi connectivity index (χ0n) is 10.7. The standard InChI is InChI=1S/C15H16N2S2/c1-11(13-8-5-9-18-13)17-15-16-10-14(19-15)12-6-3-2-4-7-12/h2-9,11,14H,10H2,1H3,(H,16,17). The minimum absolute atomic E-state index is 0.334. The van der Waals surface area contributed by atoms with Crippen LogP contribution in [0.2, 0.25) is 0 Å². The summed E-state index contributed by atoms with van der Waals surface area (Å²) in [6.07, 6.45) is 0. The van der Waals surface area contributed by atoms with Gasteiger partial charge in [-0.3, -0.25) is 4.99 Å². The summed E-state index contributed by atoms with van der Waals surface area (Å²) < 4.78 is 0. The number of benzene rings is 1. The van der Waals surface area contributed by atoms with Crippen LogP contribution in [0.15, 0.2) is 52.8 Å². The normalized spacial score (nSPS) is 20.1. The minimum Gasteiger partial charge on any atom is -0.358 e. The predicted molar refractivity (Wildman–Crippen MR) is 84.9 cm³/mol. The smallest absolute Gasteiger partial charge is 0.157 e. The highest BCUT2D eigenvalue weighted by atomic mass is 32.2. The average molecular weight is 288 g/mol. The summed E-state index contributed by atoms with van der Waals surface area (Å²) in [5.41, 5.74) is 1.36. The Morgan fingerprint density at radius 1 is 1.21 bits per heavy atom. The van der Waals surface area contributed by atoms with Gasteiger partial charge >= 0.3 is 0 Å².